The monoisotopic (exact) mass is 270 g/mol. The van der Waals surface area contributed by atoms with E-state index in [0.29, 0.717) is 5.69 Å². The van der Waals surface area contributed by atoms with Crippen LogP contribution in [0.15, 0.2) is 61.8 Å². The van der Waals surface area contributed by atoms with Gasteiger partial charge in [0, 0.05) is 5.39 Å². The van der Waals surface area contributed by atoms with Crippen molar-refractivity contribution in [3.8, 4) is 5.75 Å². The Balaban J connectivity index is 2.06. The molecule has 0 aliphatic heterocycles. The first kappa shape index (κ1) is 13.6. The molecule has 0 spiro atoms. The Labute approximate surface area is 115 Å². The molecule has 0 radical (unpaired) electrons. The first-order chi connectivity index (χ1) is 9.83. The van der Waals surface area contributed by atoms with E-state index in [2.05, 4.69) is 25.4 Å². The fraction of sp³-hybridized carbons (Fsp3) is 0.154. The number of aromatic hydroxyl groups is 1. The summed E-state index contributed by atoms with van der Waals surface area (Å²) >= 11 is 0. The predicted molar refractivity (Wildman–Crippen MR) is 77.4 cm³/mol. The summed E-state index contributed by atoms with van der Waals surface area (Å²) in [5.74, 6) is 0.108. The molecule has 7 heteroatoms. The third kappa shape index (κ3) is 3.35. The van der Waals surface area contributed by atoms with Crippen molar-refractivity contribution in [3.63, 3.8) is 0 Å². The number of hydrogen-bond acceptors (Lipinski definition) is 6. The third-order valence-corrected chi connectivity index (χ3v) is 2.53. The van der Waals surface area contributed by atoms with Crippen LogP contribution in [0.25, 0.3) is 10.8 Å². The second kappa shape index (κ2) is 6.93. The standard InChI is InChI=1S/C13H14N6O/c14-7-15-8-16-17-9-18-19-12-6-5-10-3-1-2-4-11(10)13(12)20/h1-7,20H,8-9H2,(H2,14,15). The van der Waals surface area contributed by atoms with Crippen LogP contribution in [0.3, 0.4) is 0 Å². The van der Waals surface area contributed by atoms with Crippen LogP contribution in [-0.2, 0) is 0 Å². The van der Waals surface area contributed by atoms with Gasteiger partial charge >= 0.3 is 0 Å². The number of nitrogens with two attached hydrogens (primary N) is 1. The van der Waals surface area contributed by atoms with Gasteiger partial charge < -0.3 is 10.8 Å². The van der Waals surface area contributed by atoms with Gasteiger partial charge in [0.2, 0.25) is 0 Å². The number of benzene rings is 2. The predicted octanol–water partition coefficient (Wildman–Crippen LogP) is 2.98. The van der Waals surface area contributed by atoms with Crippen LogP contribution in [0.4, 0.5) is 5.69 Å². The summed E-state index contributed by atoms with van der Waals surface area (Å²) in [6.45, 7) is 0.250. The molecular formula is C13H14N6O. The summed E-state index contributed by atoms with van der Waals surface area (Å²) in [6, 6.07) is 11.1. The molecular weight excluding hydrogens is 256 g/mol. The number of nitrogens with zero attached hydrogens (tertiary/aromatic N) is 5. The van der Waals surface area contributed by atoms with Crippen LogP contribution < -0.4 is 5.73 Å². The Morgan fingerprint density at radius 1 is 1.00 bits per heavy atom. The lowest BCUT2D eigenvalue weighted by Crippen LogP contribution is -1.88. The zero-order chi connectivity index (χ0) is 14.2. The molecule has 0 aliphatic carbocycles. The minimum Gasteiger partial charge on any atom is -0.505 e. The van der Waals surface area contributed by atoms with Crippen molar-refractivity contribution < 1.29 is 5.11 Å². The van der Waals surface area contributed by atoms with Gasteiger partial charge in [-0.3, -0.25) is 4.99 Å². The molecule has 3 N–H and O–H groups in total. The van der Waals surface area contributed by atoms with Gasteiger partial charge in [-0.1, -0.05) is 30.3 Å². The van der Waals surface area contributed by atoms with Crippen LogP contribution in [0, 0.1) is 0 Å². The van der Waals surface area contributed by atoms with Gasteiger partial charge in [-0.15, -0.1) is 0 Å². The average molecular weight is 270 g/mol. The van der Waals surface area contributed by atoms with Crippen molar-refractivity contribution in [1.29, 1.82) is 0 Å². The molecule has 0 aromatic heterocycles. The smallest absolute Gasteiger partial charge is 0.171 e. The number of fused-ring (bicyclic) bond motifs is 1. The van der Waals surface area contributed by atoms with Crippen LogP contribution in [0.1, 0.15) is 0 Å². The summed E-state index contributed by atoms with van der Waals surface area (Å²) in [5.41, 5.74) is 5.45. The number of hydrogen-bond donors (Lipinski definition) is 2. The van der Waals surface area contributed by atoms with E-state index in [0.717, 1.165) is 17.1 Å². The topological polar surface area (TPSA) is 108 Å². The number of rotatable bonds is 5. The highest BCUT2D eigenvalue weighted by Gasteiger charge is 2.04. The van der Waals surface area contributed by atoms with E-state index < -0.39 is 0 Å². The van der Waals surface area contributed by atoms with Crippen molar-refractivity contribution in [2.75, 3.05) is 13.3 Å². The molecule has 0 aliphatic rings. The molecule has 0 atom stereocenters. The quantitative estimate of drug-likeness (QED) is 0.494. The van der Waals surface area contributed by atoms with E-state index in [1.54, 1.807) is 6.07 Å². The van der Waals surface area contributed by atoms with Crippen LogP contribution in [0.5, 0.6) is 5.75 Å². The molecule has 0 heterocycles. The summed E-state index contributed by atoms with van der Waals surface area (Å²) in [4.78, 5) is 3.66. The van der Waals surface area contributed by atoms with Crippen LogP contribution >= 0.6 is 0 Å². The first-order valence-corrected chi connectivity index (χ1v) is 5.94. The average Bonchev–Trinajstić information content (AvgIpc) is 2.49. The highest BCUT2D eigenvalue weighted by atomic mass is 16.3. The van der Waals surface area contributed by atoms with Gasteiger partial charge in [0.05, 0.1) is 6.34 Å². The summed E-state index contributed by atoms with van der Waals surface area (Å²) in [7, 11) is 0. The number of azo groups is 2. The van der Waals surface area contributed by atoms with E-state index in [4.69, 9.17) is 5.73 Å². The molecule has 2 aromatic rings. The summed E-state index contributed by atoms with van der Waals surface area (Å²) < 4.78 is 0. The van der Waals surface area contributed by atoms with Crippen LogP contribution in [0.2, 0.25) is 0 Å². The highest BCUT2D eigenvalue weighted by molar-refractivity contribution is 5.92. The minimum absolute atomic E-state index is 0.0758. The minimum atomic E-state index is 0.0758. The zero-order valence-corrected chi connectivity index (χ0v) is 10.7. The summed E-state index contributed by atoms with van der Waals surface area (Å²) in [6.07, 6.45) is 1.16. The van der Waals surface area contributed by atoms with E-state index in [-0.39, 0.29) is 19.1 Å². The van der Waals surface area contributed by atoms with Gasteiger partial charge in [-0.05, 0) is 11.5 Å². The molecule has 102 valence electrons. The molecule has 0 saturated heterocycles. The van der Waals surface area contributed by atoms with Gasteiger partial charge in [-0.25, -0.2) is 0 Å². The maximum Gasteiger partial charge on any atom is 0.171 e. The van der Waals surface area contributed by atoms with Crippen molar-refractivity contribution in [2.24, 2.45) is 31.2 Å². The Bertz CT molecular complexity index is 665. The number of phenolic OH excluding ortho intramolecular Hbond substituents is 1. The second-order valence-corrected chi connectivity index (χ2v) is 3.79. The molecule has 0 unspecified atom stereocenters. The highest BCUT2D eigenvalue weighted by Crippen LogP contribution is 2.34. The lowest BCUT2D eigenvalue weighted by atomic mass is 10.1. The van der Waals surface area contributed by atoms with E-state index in [9.17, 15) is 5.11 Å². The van der Waals surface area contributed by atoms with Crippen molar-refractivity contribution in [2.45, 2.75) is 0 Å². The maximum absolute atomic E-state index is 10.1. The fourth-order valence-corrected chi connectivity index (χ4v) is 1.63. The van der Waals surface area contributed by atoms with Gasteiger partial charge in [0.1, 0.15) is 5.69 Å². The Hall–Kier alpha value is -2.83. The largest absolute Gasteiger partial charge is 0.505 e. The molecule has 0 amide bonds. The van der Waals surface area contributed by atoms with Gasteiger partial charge in [0.15, 0.2) is 19.1 Å². The first-order valence-electron chi connectivity index (χ1n) is 5.94. The molecule has 2 aromatic carbocycles. The molecule has 0 fully saturated rings. The van der Waals surface area contributed by atoms with E-state index in [1.807, 2.05) is 30.3 Å². The zero-order valence-electron chi connectivity index (χ0n) is 10.7. The van der Waals surface area contributed by atoms with E-state index >= 15 is 0 Å². The molecule has 0 bridgehead atoms. The van der Waals surface area contributed by atoms with Crippen LogP contribution in [-0.4, -0.2) is 24.8 Å². The van der Waals surface area contributed by atoms with Crippen molar-refractivity contribution >= 4 is 22.8 Å². The number of phenols is 1. The Kier molecular flexibility index (Phi) is 4.71. The molecule has 7 nitrogen and oxygen atoms in total. The van der Waals surface area contributed by atoms with Crippen molar-refractivity contribution in [1.82, 2.24) is 0 Å². The Morgan fingerprint density at radius 3 is 2.65 bits per heavy atom. The number of aliphatic imine (C=N–C) groups is 1. The maximum atomic E-state index is 10.1. The normalized spacial score (nSPS) is 12.2. The fourth-order valence-electron chi connectivity index (χ4n) is 1.63. The lowest BCUT2D eigenvalue weighted by molar-refractivity contribution is 0.482. The molecule has 0 saturated carbocycles. The van der Waals surface area contributed by atoms with E-state index in [1.165, 1.54) is 0 Å². The van der Waals surface area contributed by atoms with Gasteiger partial charge in [-0.2, -0.15) is 20.5 Å². The lowest BCUT2D eigenvalue weighted by Gasteiger charge is -2.02. The Morgan fingerprint density at radius 2 is 1.80 bits per heavy atom. The SMILES string of the molecule is NC=NCN=NCN=Nc1ccc2ccccc2c1O. The van der Waals surface area contributed by atoms with Gasteiger partial charge in [0.25, 0.3) is 0 Å². The second-order valence-electron chi connectivity index (χ2n) is 3.79. The third-order valence-electron chi connectivity index (χ3n) is 2.53. The summed E-state index contributed by atoms with van der Waals surface area (Å²) in [5, 5.41) is 27.0. The van der Waals surface area contributed by atoms with Crippen molar-refractivity contribution in [3.05, 3.63) is 36.4 Å². The molecule has 20 heavy (non-hydrogen) atoms. The molecule has 2 rings (SSSR count).